The van der Waals surface area contributed by atoms with Crippen LogP contribution in [0.15, 0.2) is 36.5 Å². The zero-order valence-electron chi connectivity index (χ0n) is 14.7. The maximum atomic E-state index is 12.3. The van der Waals surface area contributed by atoms with Gasteiger partial charge in [-0.3, -0.25) is 24.3 Å². The molecule has 134 valence electrons. The van der Waals surface area contributed by atoms with Gasteiger partial charge in [-0.2, -0.15) is 0 Å². The van der Waals surface area contributed by atoms with Gasteiger partial charge < -0.3 is 10.4 Å². The van der Waals surface area contributed by atoms with Crippen LogP contribution in [0.2, 0.25) is 0 Å². The summed E-state index contributed by atoms with van der Waals surface area (Å²) in [6.07, 6.45) is 1.42. The summed E-state index contributed by atoms with van der Waals surface area (Å²) >= 11 is 0. The molecule has 1 aromatic carbocycles. The fourth-order valence-electron chi connectivity index (χ4n) is 2.69. The summed E-state index contributed by atoms with van der Waals surface area (Å²) in [5, 5.41) is 12.5. The molecule has 2 N–H and O–H groups in total. The largest absolute Gasteiger partial charge is 0.506 e. The smallest absolute Gasteiger partial charge is 0.280 e. The van der Waals surface area contributed by atoms with E-state index in [9.17, 15) is 19.5 Å². The summed E-state index contributed by atoms with van der Waals surface area (Å²) in [7, 11) is 0. The normalized spacial score (nSPS) is 13.7. The molecule has 0 unspecified atom stereocenters. The number of hydrogen-bond donors (Lipinski definition) is 2. The average molecular weight is 353 g/mol. The van der Waals surface area contributed by atoms with Gasteiger partial charge in [-0.15, -0.1) is 0 Å². The van der Waals surface area contributed by atoms with E-state index < -0.39 is 24.3 Å². The Hall–Kier alpha value is -3.22. The number of amides is 3. The highest BCUT2D eigenvalue weighted by atomic mass is 16.3. The fourth-order valence-corrected chi connectivity index (χ4v) is 2.69. The van der Waals surface area contributed by atoms with Crippen molar-refractivity contribution >= 4 is 23.4 Å². The van der Waals surface area contributed by atoms with Crippen molar-refractivity contribution in [1.29, 1.82) is 0 Å². The number of phenolic OH excluding ortho intramolecular Hbond substituents is 1. The highest BCUT2D eigenvalue weighted by Crippen LogP contribution is 2.30. The third kappa shape index (κ3) is 3.15. The van der Waals surface area contributed by atoms with Crippen molar-refractivity contribution in [2.45, 2.75) is 26.2 Å². The third-order valence-electron chi connectivity index (χ3n) is 4.17. The molecule has 0 bridgehead atoms. The van der Waals surface area contributed by atoms with Crippen LogP contribution >= 0.6 is 0 Å². The molecule has 7 heteroatoms. The minimum Gasteiger partial charge on any atom is -0.506 e. The Bertz CT molecular complexity index is 880. The number of nitrogens with one attached hydrogen (secondary N) is 1. The first-order valence-electron chi connectivity index (χ1n) is 8.13. The molecule has 1 aliphatic heterocycles. The second-order valence-electron chi connectivity index (χ2n) is 7.13. The Morgan fingerprint density at radius 3 is 2.58 bits per heavy atom. The van der Waals surface area contributed by atoms with E-state index in [0.717, 1.165) is 10.5 Å². The van der Waals surface area contributed by atoms with Gasteiger partial charge in [-0.25, -0.2) is 0 Å². The van der Waals surface area contributed by atoms with E-state index in [1.807, 2.05) is 20.8 Å². The van der Waals surface area contributed by atoms with Gasteiger partial charge in [0.2, 0.25) is 5.91 Å². The lowest BCUT2D eigenvalue weighted by atomic mass is 9.87. The molecule has 0 spiro atoms. The maximum Gasteiger partial charge on any atom is 0.280 e. The molecule has 3 amide bonds. The monoisotopic (exact) mass is 353 g/mol. The Morgan fingerprint density at radius 2 is 1.92 bits per heavy atom. The number of nitrogens with zero attached hydrogens (tertiary/aromatic N) is 2. The Labute approximate surface area is 150 Å². The van der Waals surface area contributed by atoms with Crippen molar-refractivity contribution in [1.82, 2.24) is 9.88 Å². The average Bonchev–Trinajstić information content (AvgIpc) is 2.81. The Morgan fingerprint density at radius 1 is 1.19 bits per heavy atom. The number of phenols is 1. The molecule has 26 heavy (non-hydrogen) atoms. The third-order valence-corrected chi connectivity index (χ3v) is 4.17. The van der Waals surface area contributed by atoms with Crippen molar-refractivity contribution in [2.75, 3.05) is 11.9 Å². The fraction of sp³-hybridized carbons (Fsp3) is 0.263. The molecule has 2 aromatic rings. The van der Waals surface area contributed by atoms with E-state index >= 15 is 0 Å². The molecule has 3 rings (SSSR count). The molecule has 7 nitrogen and oxygen atoms in total. The molecular weight excluding hydrogens is 334 g/mol. The van der Waals surface area contributed by atoms with Crippen LogP contribution in [0.5, 0.6) is 5.75 Å². The Balaban J connectivity index is 1.77. The molecule has 0 saturated carbocycles. The van der Waals surface area contributed by atoms with Crippen molar-refractivity contribution < 1.29 is 19.5 Å². The molecule has 0 saturated heterocycles. The first-order valence-corrected chi connectivity index (χ1v) is 8.13. The lowest BCUT2D eigenvalue weighted by molar-refractivity contribution is -0.116. The van der Waals surface area contributed by atoms with Crippen molar-refractivity contribution in [2.24, 2.45) is 0 Å². The number of rotatable bonds is 3. The molecule has 1 aliphatic rings. The summed E-state index contributed by atoms with van der Waals surface area (Å²) < 4.78 is 0. The second-order valence-corrected chi connectivity index (χ2v) is 7.13. The summed E-state index contributed by atoms with van der Waals surface area (Å²) in [5.41, 5.74) is 1.22. The second kappa shape index (κ2) is 6.25. The minimum atomic E-state index is -0.603. The first-order chi connectivity index (χ1) is 12.2. The highest BCUT2D eigenvalue weighted by molar-refractivity contribution is 6.21. The van der Waals surface area contributed by atoms with E-state index in [2.05, 4.69) is 10.3 Å². The van der Waals surface area contributed by atoms with Crippen molar-refractivity contribution in [3.8, 4) is 5.75 Å². The van der Waals surface area contributed by atoms with Crippen LogP contribution in [0.1, 0.15) is 47.2 Å². The molecule has 0 aliphatic carbocycles. The van der Waals surface area contributed by atoms with Crippen LogP contribution in [0.4, 0.5) is 5.69 Å². The van der Waals surface area contributed by atoms with Crippen LogP contribution in [-0.2, 0) is 10.2 Å². The molecule has 0 radical (unpaired) electrons. The van der Waals surface area contributed by atoms with Gasteiger partial charge in [0.15, 0.2) is 0 Å². The van der Waals surface area contributed by atoms with E-state index in [-0.39, 0.29) is 28.1 Å². The molecular formula is C19H19N3O4. The van der Waals surface area contributed by atoms with Gasteiger partial charge in [0.1, 0.15) is 18.0 Å². The summed E-state index contributed by atoms with van der Waals surface area (Å²) in [6, 6.07) is 8.02. The molecule has 0 fully saturated rings. The zero-order valence-corrected chi connectivity index (χ0v) is 14.7. The number of aromatic nitrogens is 1. The predicted octanol–water partition coefficient (Wildman–Crippen LogP) is 2.32. The molecule has 2 heterocycles. The number of hydrogen-bond acceptors (Lipinski definition) is 5. The van der Waals surface area contributed by atoms with Crippen molar-refractivity contribution in [3.63, 3.8) is 0 Å². The number of imide groups is 1. The number of carbonyl (C=O) groups is 3. The van der Waals surface area contributed by atoms with Crippen LogP contribution in [0.3, 0.4) is 0 Å². The van der Waals surface area contributed by atoms with Gasteiger partial charge in [-0.1, -0.05) is 26.8 Å². The van der Waals surface area contributed by atoms with E-state index in [4.69, 9.17) is 0 Å². The number of aromatic hydroxyl groups is 1. The van der Waals surface area contributed by atoms with Gasteiger partial charge in [0, 0.05) is 6.20 Å². The summed E-state index contributed by atoms with van der Waals surface area (Å²) in [5.74, 6) is -1.83. The standard InChI is InChI=1S/C19H19N3O4/c1-19(2,3)11-6-7-14(23)13(9-11)21-15(24)10-22-17(25)12-5-4-8-20-16(12)18(22)26/h4-9,23H,10H2,1-3H3,(H,21,24). The number of benzene rings is 1. The summed E-state index contributed by atoms with van der Waals surface area (Å²) in [6.45, 7) is 5.58. The number of pyridine rings is 1. The van der Waals surface area contributed by atoms with E-state index in [1.54, 1.807) is 18.2 Å². The zero-order chi connectivity index (χ0) is 19.1. The topological polar surface area (TPSA) is 99.6 Å². The quantitative estimate of drug-likeness (QED) is 0.652. The molecule has 0 atom stereocenters. The lowest BCUT2D eigenvalue weighted by Gasteiger charge is -2.21. The van der Waals surface area contributed by atoms with Gasteiger partial charge in [0.25, 0.3) is 11.8 Å². The number of carbonyl (C=O) groups excluding carboxylic acids is 3. The minimum absolute atomic E-state index is 0.0443. The first kappa shape index (κ1) is 17.6. The lowest BCUT2D eigenvalue weighted by Crippen LogP contribution is -2.37. The van der Waals surface area contributed by atoms with Gasteiger partial charge >= 0.3 is 0 Å². The number of anilines is 1. The summed E-state index contributed by atoms with van der Waals surface area (Å²) in [4.78, 5) is 41.6. The maximum absolute atomic E-state index is 12.3. The van der Waals surface area contributed by atoms with Crippen LogP contribution < -0.4 is 5.32 Å². The SMILES string of the molecule is CC(C)(C)c1ccc(O)c(NC(=O)CN2C(=O)c3cccnc3C2=O)c1. The van der Waals surface area contributed by atoms with Crippen LogP contribution in [0.25, 0.3) is 0 Å². The van der Waals surface area contributed by atoms with Gasteiger partial charge in [-0.05, 0) is 35.2 Å². The predicted molar refractivity (Wildman–Crippen MR) is 95.0 cm³/mol. The Kier molecular flexibility index (Phi) is 4.23. The number of fused-ring (bicyclic) bond motifs is 1. The van der Waals surface area contributed by atoms with Crippen LogP contribution in [0, 0.1) is 0 Å². The van der Waals surface area contributed by atoms with E-state index in [1.165, 1.54) is 18.3 Å². The van der Waals surface area contributed by atoms with Crippen LogP contribution in [-0.4, -0.2) is 39.3 Å². The molecule has 1 aromatic heterocycles. The highest BCUT2D eigenvalue weighted by Gasteiger charge is 2.37. The van der Waals surface area contributed by atoms with E-state index in [0.29, 0.717) is 0 Å². The van der Waals surface area contributed by atoms with Gasteiger partial charge in [0.05, 0.1) is 11.3 Å². The van der Waals surface area contributed by atoms with Crippen molar-refractivity contribution in [3.05, 3.63) is 53.3 Å².